The van der Waals surface area contributed by atoms with E-state index in [1.165, 1.54) is 5.56 Å². The van der Waals surface area contributed by atoms with Crippen molar-refractivity contribution in [1.29, 1.82) is 0 Å². The highest BCUT2D eigenvalue weighted by molar-refractivity contribution is 14.0. The second-order valence-corrected chi connectivity index (χ2v) is 6.02. The van der Waals surface area contributed by atoms with Crippen molar-refractivity contribution in [2.75, 3.05) is 20.2 Å². The van der Waals surface area contributed by atoms with Crippen LogP contribution in [0, 0.1) is 6.92 Å². The van der Waals surface area contributed by atoms with Gasteiger partial charge in [0, 0.05) is 31.9 Å². The zero-order valence-electron chi connectivity index (χ0n) is 15.4. The zero-order chi connectivity index (χ0) is 18.1. The smallest absolute Gasteiger partial charge is 0.191 e. The number of rotatable bonds is 7. The molecule has 1 heterocycles. The summed E-state index contributed by atoms with van der Waals surface area (Å²) in [5.41, 5.74) is 3.42. The number of hydrogen-bond acceptors (Lipinski definition) is 3. The van der Waals surface area contributed by atoms with Crippen molar-refractivity contribution in [1.82, 2.24) is 15.6 Å². The average molecular weight is 489 g/mol. The highest BCUT2D eigenvalue weighted by atomic mass is 127. The maximum Gasteiger partial charge on any atom is 0.191 e. The van der Waals surface area contributed by atoms with Gasteiger partial charge in [0.2, 0.25) is 0 Å². The summed E-state index contributed by atoms with van der Waals surface area (Å²) in [7, 11) is 1.76. The minimum atomic E-state index is 0. The minimum Gasteiger partial charge on any atom is -0.494 e. The van der Waals surface area contributed by atoms with Crippen LogP contribution >= 0.6 is 35.6 Å². The van der Waals surface area contributed by atoms with Crippen molar-refractivity contribution >= 4 is 41.5 Å². The van der Waals surface area contributed by atoms with Crippen molar-refractivity contribution < 1.29 is 4.74 Å². The first-order chi connectivity index (χ1) is 12.1. The summed E-state index contributed by atoms with van der Waals surface area (Å²) in [5, 5.41) is 7.14. The summed E-state index contributed by atoms with van der Waals surface area (Å²) in [6.07, 6.45) is 2.64. The van der Waals surface area contributed by atoms with E-state index >= 15 is 0 Å². The largest absolute Gasteiger partial charge is 0.494 e. The molecule has 26 heavy (non-hydrogen) atoms. The lowest BCUT2D eigenvalue weighted by Gasteiger charge is -2.15. The lowest BCUT2D eigenvalue weighted by atomic mass is 10.1. The van der Waals surface area contributed by atoms with E-state index < -0.39 is 0 Å². The van der Waals surface area contributed by atoms with Crippen LogP contribution in [0.1, 0.15) is 23.6 Å². The van der Waals surface area contributed by atoms with Gasteiger partial charge >= 0.3 is 0 Å². The Labute approximate surface area is 177 Å². The Hall–Kier alpha value is -1.54. The molecule has 1 aromatic carbocycles. The van der Waals surface area contributed by atoms with Crippen molar-refractivity contribution in [2.45, 2.75) is 26.8 Å². The van der Waals surface area contributed by atoms with E-state index in [9.17, 15) is 0 Å². The van der Waals surface area contributed by atoms with Gasteiger partial charge in [-0.2, -0.15) is 0 Å². The van der Waals surface area contributed by atoms with Gasteiger partial charge in [0.05, 0.1) is 6.61 Å². The molecule has 0 saturated carbocycles. The summed E-state index contributed by atoms with van der Waals surface area (Å²) in [4.78, 5) is 8.34. The van der Waals surface area contributed by atoms with Crippen molar-refractivity contribution in [3.05, 3.63) is 58.4 Å². The molecule has 0 fully saturated rings. The minimum absolute atomic E-state index is 0. The molecular formula is C19H26ClIN4O. The van der Waals surface area contributed by atoms with Crippen LogP contribution in [-0.2, 0) is 13.0 Å². The topological polar surface area (TPSA) is 58.5 Å². The van der Waals surface area contributed by atoms with Crippen LogP contribution in [0.15, 0.2) is 41.5 Å². The van der Waals surface area contributed by atoms with Crippen molar-refractivity contribution in [3.8, 4) is 5.75 Å². The van der Waals surface area contributed by atoms with Gasteiger partial charge in [-0.25, -0.2) is 4.98 Å². The van der Waals surface area contributed by atoms with Gasteiger partial charge in [-0.15, -0.1) is 24.0 Å². The summed E-state index contributed by atoms with van der Waals surface area (Å²) < 4.78 is 5.71. The maximum atomic E-state index is 5.80. The second kappa shape index (κ2) is 12.0. The molecule has 2 N–H and O–H groups in total. The molecule has 0 bridgehead atoms. The highest BCUT2D eigenvalue weighted by Gasteiger charge is 2.05. The number of halogens is 2. The first-order valence-electron chi connectivity index (χ1n) is 8.39. The standard InChI is InChI=1S/C19H25ClN4O.HI/c1-4-25-17-11-14(2)5-7-16(17)13-24-19(21-3)22-10-9-15-6-8-18(20)23-12-15;/h5-8,11-12H,4,9-10,13H2,1-3H3,(H2,21,22,24);1H. The molecule has 2 rings (SSSR count). The number of nitrogens with zero attached hydrogens (tertiary/aromatic N) is 2. The molecule has 0 atom stereocenters. The Kier molecular flexibility index (Phi) is 10.3. The van der Waals surface area contributed by atoms with Gasteiger partial charge in [-0.3, -0.25) is 4.99 Å². The molecule has 0 aliphatic carbocycles. The summed E-state index contributed by atoms with van der Waals surface area (Å²) >= 11 is 5.80. The molecule has 7 heteroatoms. The second-order valence-electron chi connectivity index (χ2n) is 5.64. The van der Waals surface area contributed by atoms with E-state index in [0.29, 0.717) is 18.3 Å². The predicted octanol–water partition coefficient (Wildman–Crippen LogP) is 3.97. The first kappa shape index (κ1) is 22.5. The molecule has 0 radical (unpaired) electrons. The van der Waals surface area contributed by atoms with Crippen LogP contribution in [0.3, 0.4) is 0 Å². The molecule has 0 aliphatic heterocycles. The zero-order valence-corrected chi connectivity index (χ0v) is 18.5. The average Bonchev–Trinajstić information content (AvgIpc) is 2.61. The third-order valence-electron chi connectivity index (χ3n) is 3.69. The maximum absolute atomic E-state index is 5.80. The molecule has 2 aromatic rings. The first-order valence-corrected chi connectivity index (χ1v) is 8.77. The van der Waals surface area contributed by atoms with Gasteiger partial charge in [-0.1, -0.05) is 29.8 Å². The van der Waals surface area contributed by atoms with Crippen molar-refractivity contribution in [2.24, 2.45) is 4.99 Å². The number of hydrogen-bond donors (Lipinski definition) is 2. The van der Waals surface area contributed by atoms with Crippen LogP contribution < -0.4 is 15.4 Å². The lowest BCUT2D eigenvalue weighted by molar-refractivity contribution is 0.336. The molecule has 0 unspecified atom stereocenters. The third kappa shape index (κ3) is 7.37. The van der Waals surface area contributed by atoms with E-state index in [0.717, 1.165) is 35.8 Å². The number of nitrogens with one attached hydrogen (secondary N) is 2. The van der Waals surface area contributed by atoms with Gasteiger partial charge < -0.3 is 15.4 Å². The summed E-state index contributed by atoms with van der Waals surface area (Å²) in [6, 6.07) is 10.0. The number of pyridine rings is 1. The van der Waals surface area contributed by atoms with Gasteiger partial charge in [-0.05, 0) is 43.5 Å². The fourth-order valence-corrected chi connectivity index (χ4v) is 2.49. The molecule has 0 amide bonds. The Morgan fingerprint density at radius 3 is 2.69 bits per heavy atom. The van der Waals surface area contributed by atoms with Crippen LogP contribution in [-0.4, -0.2) is 31.1 Å². The summed E-state index contributed by atoms with van der Waals surface area (Å²) in [5.74, 6) is 1.67. The number of ether oxygens (including phenoxy) is 1. The molecule has 5 nitrogen and oxygen atoms in total. The van der Waals surface area contributed by atoms with Gasteiger partial charge in [0.1, 0.15) is 10.9 Å². The lowest BCUT2D eigenvalue weighted by Crippen LogP contribution is -2.37. The van der Waals surface area contributed by atoms with Crippen LogP contribution in [0.5, 0.6) is 5.75 Å². The quantitative estimate of drug-likeness (QED) is 0.268. The molecule has 0 saturated heterocycles. The number of aliphatic imine (C=N–C) groups is 1. The number of benzene rings is 1. The molecule has 142 valence electrons. The highest BCUT2D eigenvalue weighted by Crippen LogP contribution is 2.20. The van der Waals surface area contributed by atoms with Crippen LogP contribution in [0.4, 0.5) is 0 Å². The van der Waals surface area contributed by atoms with Crippen LogP contribution in [0.2, 0.25) is 5.15 Å². The number of aryl methyl sites for hydroxylation is 1. The third-order valence-corrected chi connectivity index (χ3v) is 3.91. The van der Waals surface area contributed by atoms with E-state index in [-0.39, 0.29) is 24.0 Å². The normalized spacial score (nSPS) is 10.8. The SMILES string of the molecule is CCOc1cc(C)ccc1CNC(=NC)NCCc1ccc(Cl)nc1.I. The van der Waals surface area contributed by atoms with E-state index in [1.807, 2.05) is 13.0 Å². The molecular weight excluding hydrogens is 463 g/mol. The monoisotopic (exact) mass is 488 g/mol. The number of aromatic nitrogens is 1. The van der Waals surface area contributed by atoms with Gasteiger partial charge in [0.15, 0.2) is 5.96 Å². The Morgan fingerprint density at radius 2 is 2.04 bits per heavy atom. The Morgan fingerprint density at radius 1 is 1.23 bits per heavy atom. The van der Waals surface area contributed by atoms with Gasteiger partial charge in [0.25, 0.3) is 0 Å². The fraction of sp³-hybridized carbons (Fsp3) is 0.368. The molecule has 1 aromatic heterocycles. The summed E-state index contributed by atoms with van der Waals surface area (Å²) in [6.45, 7) is 6.11. The van der Waals surface area contributed by atoms with E-state index in [2.05, 4.69) is 45.7 Å². The van der Waals surface area contributed by atoms with E-state index in [1.54, 1.807) is 19.3 Å². The molecule has 0 aliphatic rings. The predicted molar refractivity (Wildman–Crippen MR) is 119 cm³/mol. The number of guanidine groups is 1. The Bertz CT molecular complexity index is 707. The fourth-order valence-electron chi connectivity index (χ4n) is 2.38. The Balaban J connectivity index is 0.00000338. The van der Waals surface area contributed by atoms with Crippen molar-refractivity contribution in [3.63, 3.8) is 0 Å². The van der Waals surface area contributed by atoms with E-state index in [4.69, 9.17) is 16.3 Å². The van der Waals surface area contributed by atoms with Crippen LogP contribution in [0.25, 0.3) is 0 Å². The molecule has 0 spiro atoms.